The molecule has 1 unspecified atom stereocenters. The fourth-order valence-corrected chi connectivity index (χ4v) is 2.69. The Balaban J connectivity index is 2.50. The molecular weight excluding hydrogens is 268 g/mol. The van der Waals surface area contributed by atoms with Crippen LogP contribution in [0.15, 0.2) is 12.1 Å². The number of methoxy groups -OCH3 is 1. The van der Waals surface area contributed by atoms with Crippen LogP contribution in [0.4, 0.5) is 14.5 Å². The molecule has 0 bridgehead atoms. The number of ether oxygens (including phenoxy) is 1. The number of halogens is 2. The lowest BCUT2D eigenvalue weighted by atomic mass is 9.91. The molecule has 0 amide bonds. The molecule has 0 aliphatic carbocycles. The maximum Gasteiger partial charge on any atom is 0.326 e. The zero-order chi connectivity index (χ0) is 15.1. The van der Waals surface area contributed by atoms with Gasteiger partial charge in [0.2, 0.25) is 5.82 Å². The second kappa shape index (κ2) is 4.92. The Morgan fingerprint density at radius 3 is 2.65 bits per heavy atom. The van der Waals surface area contributed by atoms with Crippen LogP contribution in [0.5, 0.6) is 5.75 Å². The van der Waals surface area contributed by atoms with Gasteiger partial charge in [-0.1, -0.05) is 13.8 Å². The quantitative estimate of drug-likeness (QED) is 0.927. The standard InChI is InChI=1S/C14H17F2NO3/c1-14(2)6-10(13(18)19)17(7-14)9-5-4-8(15)11(16)12(9)20-3/h4-5,10H,6-7H2,1-3H3,(H,18,19). The summed E-state index contributed by atoms with van der Waals surface area (Å²) in [5.74, 6) is -3.36. The minimum atomic E-state index is -1.10. The van der Waals surface area contributed by atoms with Crippen LogP contribution < -0.4 is 9.64 Å². The molecule has 1 aliphatic heterocycles. The summed E-state index contributed by atoms with van der Waals surface area (Å²) in [6.45, 7) is 4.32. The average molecular weight is 285 g/mol. The van der Waals surface area contributed by atoms with Gasteiger partial charge < -0.3 is 14.7 Å². The highest BCUT2D eigenvalue weighted by Crippen LogP contribution is 2.42. The van der Waals surface area contributed by atoms with Gasteiger partial charge in [0.25, 0.3) is 0 Å². The maximum absolute atomic E-state index is 13.8. The number of benzene rings is 1. The molecule has 20 heavy (non-hydrogen) atoms. The third-order valence-electron chi connectivity index (χ3n) is 3.55. The van der Waals surface area contributed by atoms with Crippen LogP contribution in [-0.4, -0.2) is 30.8 Å². The lowest BCUT2D eigenvalue weighted by Gasteiger charge is -2.26. The second-order valence-corrected chi connectivity index (χ2v) is 5.76. The number of carbonyl (C=O) groups is 1. The summed E-state index contributed by atoms with van der Waals surface area (Å²) in [4.78, 5) is 12.9. The molecule has 1 fully saturated rings. The molecule has 0 aromatic heterocycles. The molecule has 1 saturated heterocycles. The zero-order valence-electron chi connectivity index (χ0n) is 11.6. The fraction of sp³-hybridized carbons (Fsp3) is 0.500. The Morgan fingerprint density at radius 2 is 2.10 bits per heavy atom. The smallest absolute Gasteiger partial charge is 0.326 e. The van der Waals surface area contributed by atoms with Crippen LogP contribution >= 0.6 is 0 Å². The van der Waals surface area contributed by atoms with Crippen LogP contribution in [0.3, 0.4) is 0 Å². The van der Waals surface area contributed by atoms with Crippen LogP contribution in [0.1, 0.15) is 20.3 Å². The minimum Gasteiger partial charge on any atom is -0.491 e. The Kier molecular flexibility index (Phi) is 3.58. The third-order valence-corrected chi connectivity index (χ3v) is 3.55. The molecule has 1 heterocycles. The van der Waals surface area contributed by atoms with Crippen molar-refractivity contribution < 1.29 is 23.4 Å². The van der Waals surface area contributed by atoms with Crippen molar-refractivity contribution in [3.8, 4) is 5.75 Å². The van der Waals surface area contributed by atoms with Crippen LogP contribution in [0.25, 0.3) is 0 Å². The Hall–Kier alpha value is -1.85. The van der Waals surface area contributed by atoms with Crippen LogP contribution in [0.2, 0.25) is 0 Å². The van der Waals surface area contributed by atoms with Crippen molar-refractivity contribution in [2.24, 2.45) is 5.41 Å². The molecule has 1 aromatic rings. The van der Waals surface area contributed by atoms with E-state index in [2.05, 4.69) is 0 Å². The highest BCUT2D eigenvalue weighted by atomic mass is 19.2. The van der Waals surface area contributed by atoms with Gasteiger partial charge in [-0.05, 0) is 24.0 Å². The monoisotopic (exact) mass is 285 g/mol. The van der Waals surface area contributed by atoms with Gasteiger partial charge in [-0.15, -0.1) is 0 Å². The maximum atomic E-state index is 13.8. The van der Waals surface area contributed by atoms with Gasteiger partial charge in [-0.3, -0.25) is 0 Å². The van der Waals surface area contributed by atoms with Crippen molar-refractivity contribution in [2.75, 3.05) is 18.6 Å². The number of rotatable bonds is 3. The van der Waals surface area contributed by atoms with Gasteiger partial charge >= 0.3 is 5.97 Å². The second-order valence-electron chi connectivity index (χ2n) is 5.76. The highest BCUT2D eigenvalue weighted by molar-refractivity contribution is 5.80. The van der Waals surface area contributed by atoms with Gasteiger partial charge in [0.1, 0.15) is 6.04 Å². The Morgan fingerprint density at radius 1 is 1.45 bits per heavy atom. The third kappa shape index (κ3) is 2.42. The molecule has 0 spiro atoms. The Bertz CT molecular complexity index is 545. The summed E-state index contributed by atoms with van der Waals surface area (Å²) in [6, 6.07) is 1.56. The molecule has 0 radical (unpaired) electrons. The molecular formula is C14H17F2NO3. The van der Waals surface area contributed by atoms with E-state index < -0.39 is 23.6 Å². The van der Waals surface area contributed by atoms with E-state index >= 15 is 0 Å². The summed E-state index contributed by atoms with van der Waals surface area (Å²) in [6.07, 6.45) is 0.435. The number of anilines is 1. The lowest BCUT2D eigenvalue weighted by Crippen LogP contribution is -2.36. The summed E-state index contributed by atoms with van der Waals surface area (Å²) >= 11 is 0. The summed E-state index contributed by atoms with van der Waals surface area (Å²) in [5, 5.41) is 9.31. The number of hydrogen-bond acceptors (Lipinski definition) is 3. The molecule has 1 aliphatic rings. The van der Waals surface area contributed by atoms with E-state index in [1.54, 1.807) is 4.90 Å². The van der Waals surface area contributed by atoms with Crippen molar-refractivity contribution in [3.63, 3.8) is 0 Å². The van der Waals surface area contributed by atoms with E-state index in [9.17, 15) is 18.7 Å². The van der Waals surface area contributed by atoms with E-state index in [0.29, 0.717) is 13.0 Å². The summed E-state index contributed by atoms with van der Waals surface area (Å²) in [7, 11) is 1.23. The number of nitrogens with zero attached hydrogens (tertiary/aromatic N) is 1. The van der Waals surface area contributed by atoms with Crippen LogP contribution in [-0.2, 0) is 4.79 Å². The summed E-state index contributed by atoms with van der Waals surface area (Å²) < 4.78 is 31.9. The molecule has 6 heteroatoms. The van der Waals surface area contributed by atoms with Crippen molar-refractivity contribution in [3.05, 3.63) is 23.8 Å². The van der Waals surface area contributed by atoms with E-state index in [0.717, 1.165) is 6.07 Å². The number of hydrogen-bond donors (Lipinski definition) is 1. The lowest BCUT2D eigenvalue weighted by molar-refractivity contribution is -0.138. The average Bonchev–Trinajstić information content (AvgIpc) is 2.68. The van der Waals surface area contributed by atoms with Crippen molar-refractivity contribution in [1.29, 1.82) is 0 Å². The van der Waals surface area contributed by atoms with Crippen molar-refractivity contribution in [2.45, 2.75) is 26.3 Å². The first kappa shape index (κ1) is 14.6. The molecule has 0 saturated carbocycles. The molecule has 1 N–H and O–H groups in total. The first-order chi connectivity index (χ1) is 9.26. The molecule has 1 atom stereocenters. The zero-order valence-corrected chi connectivity index (χ0v) is 11.6. The first-order valence-electron chi connectivity index (χ1n) is 6.28. The van der Waals surface area contributed by atoms with Gasteiger partial charge in [-0.2, -0.15) is 4.39 Å². The van der Waals surface area contributed by atoms with Gasteiger partial charge in [0.05, 0.1) is 12.8 Å². The van der Waals surface area contributed by atoms with Crippen molar-refractivity contribution in [1.82, 2.24) is 0 Å². The fourth-order valence-electron chi connectivity index (χ4n) is 2.69. The van der Waals surface area contributed by atoms with E-state index in [4.69, 9.17) is 4.74 Å². The van der Waals surface area contributed by atoms with Crippen LogP contribution in [0, 0.1) is 17.0 Å². The topological polar surface area (TPSA) is 49.8 Å². The largest absolute Gasteiger partial charge is 0.491 e. The minimum absolute atomic E-state index is 0.223. The predicted molar refractivity (Wildman–Crippen MR) is 70.1 cm³/mol. The van der Waals surface area contributed by atoms with Crippen molar-refractivity contribution >= 4 is 11.7 Å². The van der Waals surface area contributed by atoms with E-state index in [-0.39, 0.29) is 16.9 Å². The SMILES string of the molecule is COc1c(N2CC(C)(C)CC2C(=O)O)ccc(F)c1F. The number of carboxylic acid groups (broad SMARTS) is 1. The highest BCUT2D eigenvalue weighted by Gasteiger charge is 2.42. The summed E-state index contributed by atoms with van der Waals surface area (Å²) in [5.41, 5.74) is 0.0447. The first-order valence-corrected chi connectivity index (χ1v) is 6.28. The number of aliphatic carboxylic acids is 1. The van der Waals surface area contributed by atoms with Gasteiger partial charge in [0.15, 0.2) is 11.6 Å². The molecule has 110 valence electrons. The Labute approximate surface area is 116 Å². The number of carboxylic acids is 1. The van der Waals surface area contributed by atoms with E-state index in [1.807, 2.05) is 13.8 Å². The predicted octanol–water partition coefficient (Wildman–Crippen LogP) is 2.66. The van der Waals surface area contributed by atoms with Gasteiger partial charge in [0, 0.05) is 6.54 Å². The van der Waals surface area contributed by atoms with E-state index in [1.165, 1.54) is 13.2 Å². The molecule has 4 nitrogen and oxygen atoms in total. The molecule has 1 aromatic carbocycles. The normalized spacial score (nSPS) is 21.1. The van der Waals surface area contributed by atoms with Gasteiger partial charge in [-0.25, -0.2) is 9.18 Å². The molecule has 2 rings (SSSR count).